The van der Waals surface area contributed by atoms with E-state index >= 15 is 0 Å². The van der Waals surface area contributed by atoms with Crippen LogP contribution in [0.25, 0.3) is 0 Å². The van der Waals surface area contributed by atoms with Gasteiger partial charge in [0.15, 0.2) is 0 Å². The lowest BCUT2D eigenvalue weighted by Crippen LogP contribution is -2.46. The van der Waals surface area contributed by atoms with Crippen LogP contribution in [0.3, 0.4) is 0 Å². The van der Waals surface area contributed by atoms with E-state index in [4.69, 9.17) is 0 Å². The quantitative estimate of drug-likeness (QED) is 0.531. The van der Waals surface area contributed by atoms with Crippen LogP contribution in [0.1, 0.15) is 71.6 Å². The number of amides is 4. The first-order valence-corrected chi connectivity index (χ1v) is 8.90. The van der Waals surface area contributed by atoms with Crippen molar-refractivity contribution < 1.29 is 14.4 Å². The molecule has 0 bridgehead atoms. The highest BCUT2D eigenvalue weighted by Crippen LogP contribution is 2.24. The van der Waals surface area contributed by atoms with Gasteiger partial charge in [0.2, 0.25) is 5.91 Å². The number of imide groups is 1. The van der Waals surface area contributed by atoms with Crippen molar-refractivity contribution in [2.24, 2.45) is 0 Å². The molecule has 0 aromatic rings. The molecule has 23 heavy (non-hydrogen) atoms. The Morgan fingerprint density at radius 2 is 1.96 bits per heavy atom. The molecule has 1 saturated carbocycles. The molecule has 2 fully saturated rings. The molecular weight excluding hydrogens is 294 g/mol. The second-order valence-electron chi connectivity index (χ2n) is 7.01. The van der Waals surface area contributed by atoms with Gasteiger partial charge in [0, 0.05) is 6.04 Å². The van der Waals surface area contributed by atoms with Gasteiger partial charge < -0.3 is 10.6 Å². The summed E-state index contributed by atoms with van der Waals surface area (Å²) in [7, 11) is 0. The zero-order chi connectivity index (χ0) is 16.9. The van der Waals surface area contributed by atoms with E-state index in [0.29, 0.717) is 6.42 Å². The molecule has 6 nitrogen and oxygen atoms in total. The number of carbonyl (C=O) groups is 3. The zero-order valence-corrected chi connectivity index (χ0v) is 14.3. The third kappa shape index (κ3) is 4.45. The van der Waals surface area contributed by atoms with Crippen molar-refractivity contribution in [2.45, 2.75) is 83.2 Å². The Kier molecular flexibility index (Phi) is 6.02. The minimum atomic E-state index is -0.863. The molecule has 0 aromatic carbocycles. The maximum atomic E-state index is 12.5. The van der Waals surface area contributed by atoms with Crippen LogP contribution in [-0.2, 0) is 9.59 Å². The topological polar surface area (TPSA) is 78.5 Å². The molecule has 0 radical (unpaired) electrons. The molecular formula is C17H29N3O3. The van der Waals surface area contributed by atoms with Crippen LogP contribution in [-0.4, -0.2) is 40.9 Å². The summed E-state index contributed by atoms with van der Waals surface area (Å²) in [5.74, 6) is -0.517. The second-order valence-corrected chi connectivity index (χ2v) is 7.01. The summed E-state index contributed by atoms with van der Waals surface area (Å²) in [6, 6.07) is -0.252. The van der Waals surface area contributed by atoms with Gasteiger partial charge >= 0.3 is 6.03 Å². The minimum Gasteiger partial charge on any atom is -0.352 e. The first kappa shape index (κ1) is 17.8. The smallest absolute Gasteiger partial charge is 0.325 e. The highest BCUT2D eigenvalue weighted by molar-refractivity contribution is 6.08. The van der Waals surface area contributed by atoms with Crippen LogP contribution < -0.4 is 10.6 Å². The molecule has 130 valence electrons. The lowest BCUT2D eigenvalue weighted by atomic mass is 9.94. The highest BCUT2D eigenvalue weighted by atomic mass is 16.2. The van der Waals surface area contributed by atoms with Crippen molar-refractivity contribution in [3.63, 3.8) is 0 Å². The number of rotatable bonds is 8. The average molecular weight is 323 g/mol. The summed E-state index contributed by atoms with van der Waals surface area (Å²) >= 11 is 0. The number of unbranched alkanes of at least 4 members (excludes halogenated alkanes) is 3. The number of carbonyl (C=O) groups excluding carboxylic acids is 3. The maximum absolute atomic E-state index is 12.5. The normalized spacial score (nSPS) is 25.0. The zero-order valence-electron chi connectivity index (χ0n) is 14.3. The summed E-state index contributed by atoms with van der Waals surface area (Å²) in [6.07, 6.45) is 9.07. The van der Waals surface area contributed by atoms with Gasteiger partial charge in [0.1, 0.15) is 12.1 Å². The van der Waals surface area contributed by atoms with Crippen molar-refractivity contribution in [2.75, 3.05) is 6.54 Å². The van der Waals surface area contributed by atoms with E-state index < -0.39 is 11.6 Å². The number of urea groups is 1. The molecule has 1 saturated heterocycles. The van der Waals surface area contributed by atoms with Gasteiger partial charge in [-0.15, -0.1) is 0 Å². The van der Waals surface area contributed by atoms with Gasteiger partial charge in [0.05, 0.1) is 0 Å². The molecule has 1 heterocycles. The molecule has 0 spiro atoms. The van der Waals surface area contributed by atoms with Crippen molar-refractivity contribution >= 4 is 17.8 Å². The number of hydrogen-bond donors (Lipinski definition) is 2. The fourth-order valence-corrected chi connectivity index (χ4v) is 3.45. The van der Waals surface area contributed by atoms with Crippen molar-refractivity contribution in [1.29, 1.82) is 0 Å². The molecule has 2 rings (SSSR count). The Bertz CT molecular complexity index is 460. The van der Waals surface area contributed by atoms with E-state index in [1.165, 1.54) is 0 Å². The van der Waals surface area contributed by atoms with E-state index in [1.54, 1.807) is 6.92 Å². The van der Waals surface area contributed by atoms with Crippen LogP contribution in [0.4, 0.5) is 4.79 Å². The van der Waals surface area contributed by atoms with E-state index in [0.717, 1.165) is 56.3 Å². The van der Waals surface area contributed by atoms with Gasteiger partial charge in [-0.25, -0.2) is 4.79 Å². The monoisotopic (exact) mass is 323 g/mol. The van der Waals surface area contributed by atoms with Crippen molar-refractivity contribution in [3.05, 3.63) is 0 Å². The van der Waals surface area contributed by atoms with Crippen LogP contribution in [0.5, 0.6) is 0 Å². The van der Waals surface area contributed by atoms with Gasteiger partial charge in [-0.3, -0.25) is 14.5 Å². The second kappa shape index (κ2) is 7.79. The predicted molar refractivity (Wildman–Crippen MR) is 87.8 cm³/mol. The standard InChI is InChI=1S/C17H29N3O3/c1-3-4-5-8-11-17(2)15(22)20(16(23)19-17)12-14(21)18-13-9-6-7-10-13/h13H,3-12H2,1-2H3,(H,18,21)(H,19,23). The molecule has 1 aliphatic carbocycles. The summed E-state index contributed by atoms with van der Waals surface area (Å²) in [4.78, 5) is 37.7. The van der Waals surface area contributed by atoms with Crippen LogP contribution in [0.2, 0.25) is 0 Å². The van der Waals surface area contributed by atoms with Gasteiger partial charge in [-0.05, 0) is 26.2 Å². The lowest BCUT2D eigenvalue weighted by molar-refractivity contribution is -0.135. The van der Waals surface area contributed by atoms with E-state index in [9.17, 15) is 14.4 Å². The van der Waals surface area contributed by atoms with E-state index in [1.807, 2.05) is 0 Å². The summed E-state index contributed by atoms with van der Waals surface area (Å²) in [6.45, 7) is 3.72. The molecule has 1 atom stereocenters. The SMILES string of the molecule is CCCCCCC1(C)NC(=O)N(CC(=O)NC2CCCC2)C1=O. The predicted octanol–water partition coefficient (Wildman–Crippen LogP) is 2.33. The minimum absolute atomic E-state index is 0.175. The molecule has 1 aliphatic heterocycles. The van der Waals surface area contributed by atoms with E-state index in [2.05, 4.69) is 17.6 Å². The first-order chi connectivity index (χ1) is 11.0. The van der Waals surface area contributed by atoms with Crippen LogP contribution >= 0.6 is 0 Å². The Morgan fingerprint density at radius 1 is 1.26 bits per heavy atom. The first-order valence-electron chi connectivity index (χ1n) is 8.90. The number of nitrogens with one attached hydrogen (secondary N) is 2. The van der Waals surface area contributed by atoms with Gasteiger partial charge in [0.25, 0.3) is 5.91 Å². The fraction of sp³-hybridized carbons (Fsp3) is 0.824. The fourth-order valence-electron chi connectivity index (χ4n) is 3.45. The Hall–Kier alpha value is -1.59. The van der Waals surface area contributed by atoms with Crippen LogP contribution in [0.15, 0.2) is 0 Å². The molecule has 0 aromatic heterocycles. The summed E-state index contributed by atoms with van der Waals surface area (Å²) in [5.41, 5.74) is -0.863. The molecule has 4 amide bonds. The van der Waals surface area contributed by atoms with Crippen LogP contribution in [0, 0.1) is 0 Å². The molecule has 1 unspecified atom stereocenters. The van der Waals surface area contributed by atoms with Crippen molar-refractivity contribution in [3.8, 4) is 0 Å². The Labute approximate surface area is 138 Å². The Morgan fingerprint density at radius 3 is 2.61 bits per heavy atom. The van der Waals surface area contributed by atoms with Gasteiger partial charge in [-0.2, -0.15) is 0 Å². The molecule has 2 N–H and O–H groups in total. The van der Waals surface area contributed by atoms with Gasteiger partial charge in [-0.1, -0.05) is 45.4 Å². The largest absolute Gasteiger partial charge is 0.352 e. The van der Waals surface area contributed by atoms with E-state index in [-0.39, 0.29) is 24.4 Å². The highest BCUT2D eigenvalue weighted by Gasteiger charge is 2.47. The molecule has 2 aliphatic rings. The van der Waals surface area contributed by atoms with Crippen molar-refractivity contribution in [1.82, 2.24) is 15.5 Å². The average Bonchev–Trinajstić information content (AvgIpc) is 3.07. The summed E-state index contributed by atoms with van der Waals surface area (Å²) in [5, 5.41) is 5.68. The number of hydrogen-bond acceptors (Lipinski definition) is 3. The molecule has 6 heteroatoms. The summed E-state index contributed by atoms with van der Waals surface area (Å²) < 4.78 is 0. The third-order valence-electron chi connectivity index (χ3n) is 4.90. The third-order valence-corrected chi connectivity index (χ3v) is 4.90. The Balaban J connectivity index is 1.85. The number of nitrogens with zero attached hydrogens (tertiary/aromatic N) is 1. The lowest BCUT2D eigenvalue weighted by Gasteiger charge is -2.21. The maximum Gasteiger partial charge on any atom is 0.325 e.